The lowest BCUT2D eigenvalue weighted by Gasteiger charge is -2.14. The largest absolute Gasteiger partial charge is 0.481 e. The van der Waals surface area contributed by atoms with E-state index in [0.29, 0.717) is 10.8 Å². The molecule has 0 aliphatic heterocycles. The second-order valence-electron chi connectivity index (χ2n) is 2.79. The fraction of sp³-hybridized carbons (Fsp3) is 0.222. The molecular formula is C9H10BrClN2O. The molecule has 1 rings (SSSR count). The van der Waals surface area contributed by atoms with Crippen molar-refractivity contribution in [2.75, 3.05) is 0 Å². The van der Waals surface area contributed by atoms with Gasteiger partial charge in [-0.2, -0.15) is 0 Å². The number of nitrogens with two attached hydrogens (primary N) is 1. The van der Waals surface area contributed by atoms with Gasteiger partial charge in [0.15, 0.2) is 6.10 Å². The Balaban J connectivity index is 2.85. The van der Waals surface area contributed by atoms with Crippen molar-refractivity contribution in [3.63, 3.8) is 0 Å². The van der Waals surface area contributed by atoms with E-state index in [-0.39, 0.29) is 5.84 Å². The molecule has 0 aliphatic carbocycles. The van der Waals surface area contributed by atoms with E-state index in [1.807, 2.05) is 6.07 Å². The first kappa shape index (κ1) is 11.3. The van der Waals surface area contributed by atoms with Gasteiger partial charge in [-0.25, -0.2) is 0 Å². The minimum Gasteiger partial charge on any atom is -0.481 e. The second-order valence-corrected chi connectivity index (χ2v) is 4.11. The van der Waals surface area contributed by atoms with Crippen molar-refractivity contribution in [1.82, 2.24) is 0 Å². The van der Waals surface area contributed by atoms with Crippen LogP contribution in [0.5, 0.6) is 5.75 Å². The highest BCUT2D eigenvalue weighted by atomic mass is 79.9. The van der Waals surface area contributed by atoms with Gasteiger partial charge in [-0.3, -0.25) is 5.41 Å². The Morgan fingerprint density at radius 3 is 2.86 bits per heavy atom. The van der Waals surface area contributed by atoms with Crippen LogP contribution >= 0.6 is 27.5 Å². The van der Waals surface area contributed by atoms with E-state index in [0.717, 1.165) is 4.47 Å². The predicted molar refractivity (Wildman–Crippen MR) is 61.2 cm³/mol. The monoisotopic (exact) mass is 276 g/mol. The number of halogens is 2. The van der Waals surface area contributed by atoms with Gasteiger partial charge >= 0.3 is 0 Å². The van der Waals surface area contributed by atoms with Gasteiger partial charge in [0, 0.05) is 4.47 Å². The summed E-state index contributed by atoms with van der Waals surface area (Å²) in [4.78, 5) is 0. The molecule has 0 fully saturated rings. The van der Waals surface area contributed by atoms with Crippen molar-refractivity contribution >= 4 is 33.4 Å². The maximum atomic E-state index is 7.17. The average Bonchev–Trinajstić information content (AvgIpc) is 2.11. The minimum absolute atomic E-state index is 0.0268. The third-order valence-electron chi connectivity index (χ3n) is 1.63. The van der Waals surface area contributed by atoms with Crippen LogP contribution in [0.3, 0.4) is 0 Å². The van der Waals surface area contributed by atoms with Gasteiger partial charge in [-0.15, -0.1) is 0 Å². The van der Waals surface area contributed by atoms with Gasteiger partial charge in [0.1, 0.15) is 11.6 Å². The van der Waals surface area contributed by atoms with Gasteiger partial charge in [0.25, 0.3) is 0 Å². The molecule has 0 amide bonds. The lowest BCUT2D eigenvalue weighted by atomic mass is 10.3. The van der Waals surface area contributed by atoms with Crippen LogP contribution in [0.15, 0.2) is 22.7 Å². The lowest BCUT2D eigenvalue weighted by Crippen LogP contribution is -2.30. The average molecular weight is 278 g/mol. The summed E-state index contributed by atoms with van der Waals surface area (Å²) < 4.78 is 6.24. The van der Waals surface area contributed by atoms with Gasteiger partial charge in [-0.1, -0.05) is 27.5 Å². The van der Waals surface area contributed by atoms with Crippen molar-refractivity contribution in [2.24, 2.45) is 5.73 Å². The Morgan fingerprint density at radius 1 is 1.64 bits per heavy atom. The molecule has 5 heteroatoms. The molecule has 0 spiro atoms. The molecule has 0 radical (unpaired) electrons. The van der Waals surface area contributed by atoms with Crippen LogP contribution in [0.25, 0.3) is 0 Å². The van der Waals surface area contributed by atoms with Crippen molar-refractivity contribution in [1.29, 1.82) is 5.41 Å². The first-order valence-electron chi connectivity index (χ1n) is 3.96. The van der Waals surface area contributed by atoms with E-state index in [9.17, 15) is 0 Å². The standard InChI is InChI=1S/C9H10BrClN2O/c1-5(9(12)13)14-8-4-6(10)2-3-7(8)11/h2-5H,1H3,(H3,12,13). The Kier molecular flexibility index (Phi) is 3.77. The van der Waals surface area contributed by atoms with Gasteiger partial charge in [0.05, 0.1) is 5.02 Å². The first-order valence-corrected chi connectivity index (χ1v) is 5.13. The minimum atomic E-state index is -0.471. The summed E-state index contributed by atoms with van der Waals surface area (Å²) in [6, 6.07) is 5.27. The van der Waals surface area contributed by atoms with E-state index in [2.05, 4.69) is 15.9 Å². The molecule has 14 heavy (non-hydrogen) atoms. The van der Waals surface area contributed by atoms with Crippen LogP contribution in [0.4, 0.5) is 0 Å². The maximum Gasteiger partial charge on any atom is 0.152 e. The summed E-state index contributed by atoms with van der Waals surface area (Å²) >= 11 is 9.19. The number of hydrogen-bond acceptors (Lipinski definition) is 2. The van der Waals surface area contributed by atoms with E-state index in [1.54, 1.807) is 19.1 Å². The zero-order valence-electron chi connectivity index (χ0n) is 7.55. The molecule has 0 heterocycles. The molecule has 0 aliphatic rings. The molecule has 76 valence electrons. The number of nitrogens with one attached hydrogen (secondary N) is 1. The molecule has 3 nitrogen and oxygen atoms in total. The quantitative estimate of drug-likeness (QED) is 0.659. The molecule has 1 unspecified atom stereocenters. The zero-order valence-corrected chi connectivity index (χ0v) is 9.89. The fourth-order valence-electron chi connectivity index (χ4n) is 0.821. The van der Waals surface area contributed by atoms with Crippen LogP contribution in [0.1, 0.15) is 6.92 Å². The zero-order chi connectivity index (χ0) is 10.7. The molecule has 0 aromatic heterocycles. The van der Waals surface area contributed by atoms with E-state index < -0.39 is 6.10 Å². The van der Waals surface area contributed by atoms with Crippen LogP contribution in [0, 0.1) is 5.41 Å². The van der Waals surface area contributed by atoms with Crippen molar-refractivity contribution in [3.05, 3.63) is 27.7 Å². The van der Waals surface area contributed by atoms with Crippen LogP contribution in [-0.4, -0.2) is 11.9 Å². The molecule has 1 aromatic rings. The van der Waals surface area contributed by atoms with E-state index >= 15 is 0 Å². The smallest absolute Gasteiger partial charge is 0.152 e. The predicted octanol–water partition coefficient (Wildman–Crippen LogP) is 2.81. The van der Waals surface area contributed by atoms with Crippen LogP contribution in [0.2, 0.25) is 5.02 Å². The Morgan fingerprint density at radius 2 is 2.29 bits per heavy atom. The molecule has 1 atom stereocenters. The summed E-state index contributed by atoms with van der Waals surface area (Å²) in [5.41, 5.74) is 5.28. The number of amidine groups is 1. The summed E-state index contributed by atoms with van der Waals surface area (Å²) in [5, 5.41) is 7.67. The number of hydrogen-bond donors (Lipinski definition) is 2. The third-order valence-corrected chi connectivity index (χ3v) is 2.44. The molecule has 1 aromatic carbocycles. The summed E-state index contributed by atoms with van der Waals surface area (Å²) in [6.45, 7) is 1.69. The SMILES string of the molecule is CC(Oc1cc(Br)ccc1Cl)C(=N)N. The fourth-order valence-corrected chi connectivity index (χ4v) is 1.32. The van der Waals surface area contributed by atoms with E-state index in [4.69, 9.17) is 27.5 Å². The Labute approximate surface area is 95.8 Å². The van der Waals surface area contributed by atoms with Gasteiger partial charge in [0.2, 0.25) is 0 Å². The Bertz CT molecular complexity index is 357. The van der Waals surface area contributed by atoms with Crippen molar-refractivity contribution in [2.45, 2.75) is 13.0 Å². The van der Waals surface area contributed by atoms with E-state index in [1.165, 1.54) is 0 Å². The number of ether oxygens (including phenoxy) is 1. The van der Waals surface area contributed by atoms with Gasteiger partial charge in [-0.05, 0) is 25.1 Å². The highest BCUT2D eigenvalue weighted by Crippen LogP contribution is 2.28. The molecule has 0 saturated carbocycles. The molecular weight excluding hydrogens is 267 g/mol. The normalized spacial score (nSPS) is 12.2. The van der Waals surface area contributed by atoms with Crippen molar-refractivity contribution < 1.29 is 4.74 Å². The summed E-state index contributed by atoms with van der Waals surface area (Å²) in [5.74, 6) is 0.491. The summed E-state index contributed by atoms with van der Waals surface area (Å²) in [6.07, 6.45) is -0.471. The number of rotatable bonds is 3. The molecule has 3 N–H and O–H groups in total. The highest BCUT2D eigenvalue weighted by Gasteiger charge is 2.09. The van der Waals surface area contributed by atoms with Gasteiger partial charge < -0.3 is 10.5 Å². The third kappa shape index (κ3) is 2.89. The first-order chi connectivity index (χ1) is 6.50. The second kappa shape index (κ2) is 4.66. The van der Waals surface area contributed by atoms with Crippen LogP contribution in [-0.2, 0) is 0 Å². The molecule has 0 saturated heterocycles. The Hall–Kier alpha value is -0.740. The number of benzene rings is 1. The highest BCUT2D eigenvalue weighted by molar-refractivity contribution is 9.10. The molecule has 0 bridgehead atoms. The van der Waals surface area contributed by atoms with Crippen molar-refractivity contribution in [3.8, 4) is 5.75 Å². The topological polar surface area (TPSA) is 59.1 Å². The lowest BCUT2D eigenvalue weighted by molar-refractivity contribution is 0.285. The summed E-state index contributed by atoms with van der Waals surface area (Å²) in [7, 11) is 0. The maximum absolute atomic E-state index is 7.17. The van der Waals surface area contributed by atoms with Crippen LogP contribution < -0.4 is 10.5 Å².